The van der Waals surface area contributed by atoms with Gasteiger partial charge in [0.1, 0.15) is 0 Å². The fourth-order valence-electron chi connectivity index (χ4n) is 1.66. The molecule has 76 valence electrons. The van der Waals surface area contributed by atoms with Gasteiger partial charge in [-0.2, -0.15) is 0 Å². The van der Waals surface area contributed by atoms with Crippen LogP contribution in [0.4, 0.5) is 4.79 Å². The van der Waals surface area contributed by atoms with Gasteiger partial charge in [-0.05, 0) is 27.2 Å². The maximum absolute atomic E-state index is 10.4. The van der Waals surface area contributed by atoms with Crippen molar-refractivity contribution in [3.8, 4) is 0 Å². The highest BCUT2D eigenvalue weighted by Gasteiger charge is 2.30. The van der Waals surface area contributed by atoms with E-state index in [9.17, 15) is 4.79 Å². The summed E-state index contributed by atoms with van der Waals surface area (Å²) in [6, 6.07) is 0.108. The Bertz CT molecular complexity index is 198. The topological polar surface area (TPSA) is 52.6 Å². The Kier molecular flexibility index (Phi) is 2.81. The summed E-state index contributed by atoms with van der Waals surface area (Å²) in [7, 11) is 0. The molecule has 1 aliphatic heterocycles. The minimum atomic E-state index is -0.916. The van der Waals surface area contributed by atoms with E-state index < -0.39 is 6.09 Å². The van der Waals surface area contributed by atoms with Crippen LogP contribution in [0.15, 0.2) is 0 Å². The van der Waals surface area contributed by atoms with Crippen molar-refractivity contribution >= 4 is 6.09 Å². The second-order valence-electron chi connectivity index (χ2n) is 4.55. The van der Waals surface area contributed by atoms with Crippen molar-refractivity contribution < 1.29 is 9.90 Å². The number of nitrogens with zero attached hydrogens (tertiary/aromatic N) is 1. The summed E-state index contributed by atoms with van der Waals surface area (Å²) >= 11 is 0. The molecule has 0 bridgehead atoms. The molecule has 0 saturated carbocycles. The standard InChI is InChI=1S/C9H18N2O2/c1-9(2,3)11-5-4-7(6-11)10-8(12)13/h7,10H,4-6H2,1-3H3,(H,12,13)/t7-/m0/s1. The van der Waals surface area contributed by atoms with Crippen LogP contribution in [0.1, 0.15) is 27.2 Å². The highest BCUT2D eigenvalue weighted by Crippen LogP contribution is 2.20. The molecule has 13 heavy (non-hydrogen) atoms. The number of amides is 1. The summed E-state index contributed by atoms with van der Waals surface area (Å²) in [6.07, 6.45) is 0.00424. The quantitative estimate of drug-likeness (QED) is 0.645. The van der Waals surface area contributed by atoms with Crippen molar-refractivity contribution in [3.05, 3.63) is 0 Å². The van der Waals surface area contributed by atoms with Gasteiger partial charge in [0.2, 0.25) is 0 Å². The molecule has 1 fully saturated rings. The third-order valence-electron chi connectivity index (χ3n) is 2.46. The van der Waals surface area contributed by atoms with Crippen LogP contribution in [0.5, 0.6) is 0 Å². The van der Waals surface area contributed by atoms with E-state index in [1.54, 1.807) is 0 Å². The molecule has 0 radical (unpaired) electrons. The van der Waals surface area contributed by atoms with E-state index in [-0.39, 0.29) is 11.6 Å². The number of hydrogen-bond donors (Lipinski definition) is 2. The fourth-order valence-corrected chi connectivity index (χ4v) is 1.66. The summed E-state index contributed by atoms with van der Waals surface area (Å²) in [5.41, 5.74) is 0.148. The van der Waals surface area contributed by atoms with E-state index in [1.165, 1.54) is 0 Å². The molecule has 0 spiro atoms. The van der Waals surface area contributed by atoms with Crippen LogP contribution in [0.25, 0.3) is 0 Å². The van der Waals surface area contributed by atoms with Crippen molar-refractivity contribution in [1.82, 2.24) is 10.2 Å². The largest absolute Gasteiger partial charge is 0.465 e. The lowest BCUT2D eigenvalue weighted by atomic mass is 10.1. The zero-order valence-electron chi connectivity index (χ0n) is 8.50. The van der Waals surface area contributed by atoms with Gasteiger partial charge in [-0.15, -0.1) is 0 Å². The molecular weight excluding hydrogens is 168 g/mol. The van der Waals surface area contributed by atoms with Gasteiger partial charge in [0, 0.05) is 24.7 Å². The molecule has 0 unspecified atom stereocenters. The molecule has 1 heterocycles. The molecule has 4 nitrogen and oxygen atoms in total. The van der Waals surface area contributed by atoms with Crippen molar-refractivity contribution in [1.29, 1.82) is 0 Å². The third-order valence-corrected chi connectivity index (χ3v) is 2.46. The van der Waals surface area contributed by atoms with Gasteiger partial charge in [-0.1, -0.05) is 0 Å². The summed E-state index contributed by atoms with van der Waals surface area (Å²) in [5.74, 6) is 0. The monoisotopic (exact) mass is 186 g/mol. The van der Waals surface area contributed by atoms with Crippen LogP contribution >= 0.6 is 0 Å². The van der Waals surface area contributed by atoms with Crippen molar-refractivity contribution in [2.45, 2.75) is 38.8 Å². The molecule has 4 heteroatoms. The predicted molar refractivity (Wildman–Crippen MR) is 50.9 cm³/mol. The fraction of sp³-hybridized carbons (Fsp3) is 0.889. The zero-order valence-corrected chi connectivity index (χ0v) is 8.50. The van der Waals surface area contributed by atoms with Crippen LogP contribution < -0.4 is 5.32 Å². The molecule has 1 saturated heterocycles. The molecule has 2 N–H and O–H groups in total. The van der Waals surface area contributed by atoms with E-state index in [0.717, 1.165) is 19.5 Å². The number of rotatable bonds is 1. The van der Waals surface area contributed by atoms with E-state index in [4.69, 9.17) is 5.11 Å². The van der Waals surface area contributed by atoms with Gasteiger partial charge >= 0.3 is 6.09 Å². The minimum Gasteiger partial charge on any atom is -0.465 e. The van der Waals surface area contributed by atoms with Crippen LogP contribution in [0, 0.1) is 0 Å². The summed E-state index contributed by atoms with van der Waals surface area (Å²) in [5, 5.41) is 11.1. The van der Waals surface area contributed by atoms with Gasteiger partial charge in [-0.3, -0.25) is 4.90 Å². The van der Waals surface area contributed by atoms with Crippen LogP contribution in [-0.4, -0.2) is 40.8 Å². The second-order valence-corrected chi connectivity index (χ2v) is 4.55. The molecule has 0 aromatic rings. The number of hydrogen-bond acceptors (Lipinski definition) is 2. The Morgan fingerprint density at radius 3 is 2.54 bits per heavy atom. The summed E-state index contributed by atoms with van der Waals surface area (Å²) in [4.78, 5) is 12.7. The molecule has 0 aromatic carbocycles. The molecule has 1 rings (SSSR count). The molecule has 1 atom stereocenters. The molecule has 1 aliphatic rings. The second kappa shape index (κ2) is 3.54. The maximum Gasteiger partial charge on any atom is 0.404 e. The first-order valence-corrected chi connectivity index (χ1v) is 4.64. The van der Waals surface area contributed by atoms with E-state index in [0.29, 0.717) is 0 Å². The zero-order chi connectivity index (χ0) is 10.1. The number of carbonyl (C=O) groups is 1. The number of nitrogens with one attached hydrogen (secondary N) is 1. The SMILES string of the molecule is CC(C)(C)N1CC[C@H](NC(=O)O)C1. The van der Waals surface area contributed by atoms with Crippen LogP contribution in [0.2, 0.25) is 0 Å². The Morgan fingerprint density at radius 1 is 1.54 bits per heavy atom. The van der Waals surface area contributed by atoms with Gasteiger partial charge in [-0.25, -0.2) is 4.79 Å². The van der Waals surface area contributed by atoms with Gasteiger partial charge in [0.05, 0.1) is 0 Å². The lowest BCUT2D eigenvalue weighted by Gasteiger charge is -2.31. The van der Waals surface area contributed by atoms with Crippen molar-refractivity contribution in [2.75, 3.05) is 13.1 Å². The van der Waals surface area contributed by atoms with Crippen molar-refractivity contribution in [3.63, 3.8) is 0 Å². The highest BCUT2D eigenvalue weighted by atomic mass is 16.4. The first-order valence-electron chi connectivity index (χ1n) is 4.64. The number of likely N-dealkylation sites (tertiary alicyclic amines) is 1. The van der Waals surface area contributed by atoms with Gasteiger partial charge in [0.15, 0.2) is 0 Å². The predicted octanol–water partition coefficient (Wildman–Crippen LogP) is 1.13. The first kappa shape index (κ1) is 10.3. The summed E-state index contributed by atoms with van der Waals surface area (Å²) in [6.45, 7) is 8.26. The van der Waals surface area contributed by atoms with E-state index >= 15 is 0 Å². The minimum absolute atomic E-state index is 0.108. The normalized spacial score (nSPS) is 24.7. The van der Waals surface area contributed by atoms with Crippen LogP contribution in [0.3, 0.4) is 0 Å². The Labute approximate surface area is 78.9 Å². The van der Waals surface area contributed by atoms with Crippen molar-refractivity contribution in [2.24, 2.45) is 0 Å². The van der Waals surface area contributed by atoms with Gasteiger partial charge < -0.3 is 10.4 Å². The average Bonchev–Trinajstić information content (AvgIpc) is 2.32. The first-order chi connectivity index (χ1) is 5.89. The van der Waals surface area contributed by atoms with E-state index in [2.05, 4.69) is 31.0 Å². The lowest BCUT2D eigenvalue weighted by Crippen LogP contribution is -2.42. The third kappa shape index (κ3) is 2.88. The molecule has 0 aromatic heterocycles. The van der Waals surface area contributed by atoms with Gasteiger partial charge in [0.25, 0.3) is 0 Å². The van der Waals surface area contributed by atoms with Crippen LogP contribution in [-0.2, 0) is 0 Å². The maximum atomic E-state index is 10.4. The number of carboxylic acid groups (broad SMARTS) is 1. The molecule has 0 aliphatic carbocycles. The average molecular weight is 186 g/mol. The molecular formula is C9H18N2O2. The lowest BCUT2D eigenvalue weighted by molar-refractivity contribution is 0.165. The summed E-state index contributed by atoms with van der Waals surface area (Å²) < 4.78 is 0. The Balaban J connectivity index is 2.41. The Morgan fingerprint density at radius 2 is 2.15 bits per heavy atom. The smallest absolute Gasteiger partial charge is 0.404 e. The Hall–Kier alpha value is -0.770. The highest BCUT2D eigenvalue weighted by molar-refractivity contribution is 5.64. The van der Waals surface area contributed by atoms with E-state index in [1.807, 2.05) is 0 Å². The molecule has 1 amide bonds.